The summed E-state index contributed by atoms with van der Waals surface area (Å²) in [6.07, 6.45) is 0. The maximum atomic E-state index is 13.4. The molecule has 0 fully saturated rings. The number of methoxy groups -OCH3 is 1. The molecule has 0 amide bonds. The van der Waals surface area contributed by atoms with Gasteiger partial charge in [-0.2, -0.15) is 8.78 Å². The number of carbonyl (C=O) groups is 1. The Labute approximate surface area is 94.5 Å². The Kier molecular flexibility index (Phi) is 2.53. The van der Waals surface area contributed by atoms with Crippen LogP contribution in [0.5, 0.6) is 17.2 Å². The molecule has 0 saturated carbocycles. The van der Waals surface area contributed by atoms with Crippen molar-refractivity contribution in [2.45, 2.75) is 5.92 Å². The van der Waals surface area contributed by atoms with Crippen molar-refractivity contribution in [2.24, 2.45) is 0 Å². The second-order valence-corrected chi connectivity index (χ2v) is 3.29. The van der Waals surface area contributed by atoms with Gasteiger partial charge in [0.15, 0.2) is 11.5 Å². The standard InChI is InChI=1S/C10H8F2O5/c1-15-6-3-8-7(16-4-17-8)2-5(6)10(11,12)9(13)14/h2-3H,4H2,1H3,(H,13,14). The molecule has 0 atom stereocenters. The highest BCUT2D eigenvalue weighted by Crippen LogP contribution is 2.44. The number of rotatable bonds is 3. The number of benzene rings is 1. The van der Waals surface area contributed by atoms with Crippen LogP contribution < -0.4 is 14.2 Å². The van der Waals surface area contributed by atoms with Gasteiger partial charge in [-0.05, 0) is 6.07 Å². The predicted molar refractivity (Wildman–Crippen MR) is 50.6 cm³/mol. The second-order valence-electron chi connectivity index (χ2n) is 3.29. The molecule has 7 heteroatoms. The number of alkyl halides is 2. The van der Waals surface area contributed by atoms with E-state index in [1.807, 2.05) is 0 Å². The summed E-state index contributed by atoms with van der Waals surface area (Å²) in [4.78, 5) is 10.5. The van der Waals surface area contributed by atoms with Crippen molar-refractivity contribution < 1.29 is 32.9 Å². The zero-order chi connectivity index (χ0) is 12.6. The number of fused-ring (bicyclic) bond motifs is 1. The summed E-state index contributed by atoms with van der Waals surface area (Å²) in [5, 5.41) is 8.49. The quantitative estimate of drug-likeness (QED) is 0.877. The van der Waals surface area contributed by atoms with Crippen LogP contribution in [0.25, 0.3) is 0 Å². The lowest BCUT2D eigenvalue weighted by atomic mass is 10.1. The predicted octanol–water partition coefficient (Wildman–Crippen LogP) is 1.60. The normalized spacial score (nSPS) is 13.6. The summed E-state index contributed by atoms with van der Waals surface area (Å²) in [5.74, 6) is -6.25. The van der Waals surface area contributed by atoms with Gasteiger partial charge in [0, 0.05) is 6.07 Å². The van der Waals surface area contributed by atoms with E-state index in [2.05, 4.69) is 0 Å². The van der Waals surface area contributed by atoms with E-state index in [0.29, 0.717) is 0 Å². The highest BCUT2D eigenvalue weighted by molar-refractivity contribution is 5.79. The largest absolute Gasteiger partial charge is 0.496 e. The SMILES string of the molecule is COc1cc2c(cc1C(F)(F)C(=O)O)OCO2. The number of aliphatic carboxylic acids is 1. The molecule has 1 N–H and O–H groups in total. The van der Waals surface area contributed by atoms with Gasteiger partial charge in [0.25, 0.3) is 0 Å². The molecule has 1 aromatic carbocycles. The molecule has 92 valence electrons. The van der Waals surface area contributed by atoms with Crippen molar-refractivity contribution in [3.63, 3.8) is 0 Å². The van der Waals surface area contributed by atoms with Crippen molar-refractivity contribution >= 4 is 5.97 Å². The molecule has 1 aromatic rings. The van der Waals surface area contributed by atoms with Gasteiger partial charge < -0.3 is 19.3 Å². The topological polar surface area (TPSA) is 65.0 Å². The van der Waals surface area contributed by atoms with E-state index in [1.165, 1.54) is 13.2 Å². The minimum atomic E-state index is -4.05. The Balaban J connectivity index is 2.57. The number of halogens is 2. The van der Waals surface area contributed by atoms with E-state index < -0.39 is 17.5 Å². The maximum absolute atomic E-state index is 13.4. The van der Waals surface area contributed by atoms with Crippen LogP contribution in [0.2, 0.25) is 0 Å². The van der Waals surface area contributed by atoms with E-state index in [4.69, 9.17) is 19.3 Å². The van der Waals surface area contributed by atoms with E-state index in [9.17, 15) is 13.6 Å². The van der Waals surface area contributed by atoms with Gasteiger partial charge in [-0.1, -0.05) is 0 Å². The molecule has 0 radical (unpaired) electrons. The molecule has 1 aliphatic heterocycles. The summed E-state index contributed by atoms with van der Waals surface area (Å²) in [6.45, 7) is -0.0966. The fourth-order valence-corrected chi connectivity index (χ4v) is 1.45. The molecule has 0 saturated heterocycles. The van der Waals surface area contributed by atoms with Crippen LogP contribution >= 0.6 is 0 Å². The van der Waals surface area contributed by atoms with Crippen LogP contribution in [-0.2, 0) is 10.7 Å². The van der Waals surface area contributed by atoms with Crippen molar-refractivity contribution in [3.05, 3.63) is 17.7 Å². The third-order valence-corrected chi connectivity index (χ3v) is 2.30. The summed E-state index contributed by atoms with van der Waals surface area (Å²) < 4.78 is 41.4. The van der Waals surface area contributed by atoms with E-state index in [0.717, 1.165) is 6.07 Å². The van der Waals surface area contributed by atoms with Gasteiger partial charge >= 0.3 is 11.9 Å². The van der Waals surface area contributed by atoms with Crippen LogP contribution in [0.1, 0.15) is 5.56 Å². The van der Waals surface area contributed by atoms with Gasteiger partial charge in [0.1, 0.15) is 5.75 Å². The van der Waals surface area contributed by atoms with Crippen molar-refractivity contribution in [2.75, 3.05) is 13.9 Å². The molecule has 5 nitrogen and oxygen atoms in total. The zero-order valence-corrected chi connectivity index (χ0v) is 8.70. The fraction of sp³-hybridized carbons (Fsp3) is 0.300. The van der Waals surface area contributed by atoms with Crippen molar-refractivity contribution in [3.8, 4) is 17.2 Å². The molecule has 0 aliphatic carbocycles. The van der Waals surface area contributed by atoms with Gasteiger partial charge in [0.2, 0.25) is 6.79 Å². The lowest BCUT2D eigenvalue weighted by molar-refractivity contribution is -0.166. The van der Waals surface area contributed by atoms with Crippen LogP contribution in [0.15, 0.2) is 12.1 Å². The molecule has 0 bridgehead atoms. The lowest BCUT2D eigenvalue weighted by Crippen LogP contribution is -2.25. The summed E-state index contributed by atoms with van der Waals surface area (Å²) in [6, 6.07) is 2.09. The molecule has 1 aliphatic rings. The Bertz CT molecular complexity index is 472. The van der Waals surface area contributed by atoms with Crippen LogP contribution in [0.3, 0.4) is 0 Å². The van der Waals surface area contributed by atoms with E-state index in [-0.39, 0.29) is 24.0 Å². The highest BCUT2D eigenvalue weighted by atomic mass is 19.3. The Morgan fingerprint density at radius 2 is 2.00 bits per heavy atom. The minimum Gasteiger partial charge on any atom is -0.496 e. The first-order valence-corrected chi connectivity index (χ1v) is 4.56. The summed E-state index contributed by atoms with van der Waals surface area (Å²) in [5.41, 5.74) is -0.767. The average molecular weight is 246 g/mol. The molecular weight excluding hydrogens is 238 g/mol. The number of hydrogen-bond donors (Lipinski definition) is 1. The van der Waals surface area contributed by atoms with Gasteiger partial charge in [-0.25, -0.2) is 4.79 Å². The second kappa shape index (κ2) is 3.76. The van der Waals surface area contributed by atoms with Crippen LogP contribution in [0.4, 0.5) is 8.78 Å². The van der Waals surface area contributed by atoms with Crippen molar-refractivity contribution in [1.29, 1.82) is 0 Å². The van der Waals surface area contributed by atoms with Crippen molar-refractivity contribution in [1.82, 2.24) is 0 Å². The molecule has 0 spiro atoms. The zero-order valence-electron chi connectivity index (χ0n) is 8.70. The summed E-state index contributed by atoms with van der Waals surface area (Å²) in [7, 11) is 1.17. The third kappa shape index (κ3) is 1.73. The molecular formula is C10H8F2O5. The number of carboxylic acid groups (broad SMARTS) is 1. The number of ether oxygens (including phenoxy) is 3. The van der Waals surface area contributed by atoms with Crippen LogP contribution in [-0.4, -0.2) is 25.0 Å². The average Bonchev–Trinajstić information content (AvgIpc) is 2.73. The number of hydrogen-bond acceptors (Lipinski definition) is 4. The maximum Gasteiger partial charge on any atom is 0.379 e. The first-order chi connectivity index (χ1) is 7.96. The first-order valence-electron chi connectivity index (χ1n) is 4.56. The number of carboxylic acids is 1. The molecule has 17 heavy (non-hydrogen) atoms. The molecule has 0 unspecified atom stereocenters. The minimum absolute atomic E-state index is 0.0710. The fourth-order valence-electron chi connectivity index (χ4n) is 1.45. The van der Waals surface area contributed by atoms with E-state index >= 15 is 0 Å². The third-order valence-electron chi connectivity index (χ3n) is 2.30. The van der Waals surface area contributed by atoms with Gasteiger partial charge in [-0.3, -0.25) is 0 Å². The van der Waals surface area contributed by atoms with Crippen LogP contribution in [0, 0.1) is 0 Å². The summed E-state index contributed by atoms with van der Waals surface area (Å²) >= 11 is 0. The Morgan fingerprint density at radius 1 is 1.41 bits per heavy atom. The van der Waals surface area contributed by atoms with Gasteiger partial charge in [0.05, 0.1) is 12.7 Å². The van der Waals surface area contributed by atoms with Gasteiger partial charge in [-0.15, -0.1) is 0 Å². The van der Waals surface area contributed by atoms with E-state index in [1.54, 1.807) is 0 Å². The first kappa shape index (κ1) is 11.4. The molecule has 1 heterocycles. The Morgan fingerprint density at radius 3 is 2.53 bits per heavy atom. The monoisotopic (exact) mass is 246 g/mol. The molecule has 0 aromatic heterocycles. The molecule has 2 rings (SSSR count). The lowest BCUT2D eigenvalue weighted by Gasteiger charge is -2.15. The Hall–Kier alpha value is -2.05. The highest BCUT2D eigenvalue weighted by Gasteiger charge is 2.44. The smallest absolute Gasteiger partial charge is 0.379 e.